The molecule has 1 unspecified atom stereocenters. The fraction of sp³-hybridized carbons (Fsp3) is 0.250. The highest BCUT2D eigenvalue weighted by Crippen LogP contribution is 2.32. The van der Waals surface area contributed by atoms with Gasteiger partial charge in [0.25, 0.3) is 0 Å². The summed E-state index contributed by atoms with van der Waals surface area (Å²) in [7, 11) is 0. The zero-order valence-electron chi connectivity index (χ0n) is 10.5. The third kappa shape index (κ3) is 2.66. The minimum Gasteiger partial charge on any atom is -0.369 e. The highest BCUT2D eigenvalue weighted by molar-refractivity contribution is 9.10. The van der Waals surface area contributed by atoms with E-state index in [1.165, 1.54) is 11.6 Å². The summed E-state index contributed by atoms with van der Waals surface area (Å²) < 4.78 is 14.9. The van der Waals surface area contributed by atoms with Crippen LogP contribution in [0.5, 0.6) is 0 Å². The standard InChI is InChI=1S/C16H15BrFN/c17-14-7-5-12(6-8-14)13-9-10-19(11-13)16-4-2-1-3-15(16)18/h1-8,13H,9-11H2. The van der Waals surface area contributed by atoms with Crippen LogP contribution in [0.25, 0.3) is 0 Å². The van der Waals surface area contributed by atoms with Gasteiger partial charge in [-0.05, 0) is 36.2 Å². The second kappa shape index (κ2) is 5.33. The number of benzene rings is 2. The molecule has 1 saturated heterocycles. The van der Waals surface area contributed by atoms with Gasteiger partial charge in [0.2, 0.25) is 0 Å². The van der Waals surface area contributed by atoms with Crippen LogP contribution >= 0.6 is 15.9 Å². The van der Waals surface area contributed by atoms with Crippen molar-refractivity contribution in [3.8, 4) is 0 Å². The van der Waals surface area contributed by atoms with E-state index in [9.17, 15) is 4.39 Å². The molecule has 1 aliphatic heterocycles. The molecule has 0 aliphatic carbocycles. The second-order valence-electron chi connectivity index (χ2n) is 4.93. The number of para-hydroxylation sites is 1. The molecule has 3 rings (SSSR count). The molecule has 2 aromatic carbocycles. The fourth-order valence-corrected chi connectivity index (χ4v) is 2.96. The van der Waals surface area contributed by atoms with Crippen LogP contribution in [0.3, 0.4) is 0 Å². The lowest BCUT2D eigenvalue weighted by Crippen LogP contribution is -2.20. The zero-order valence-corrected chi connectivity index (χ0v) is 12.1. The van der Waals surface area contributed by atoms with Crippen LogP contribution in [0, 0.1) is 5.82 Å². The zero-order chi connectivity index (χ0) is 13.2. The molecule has 1 aliphatic rings. The van der Waals surface area contributed by atoms with Crippen molar-refractivity contribution in [1.29, 1.82) is 0 Å². The van der Waals surface area contributed by atoms with Gasteiger partial charge in [0, 0.05) is 23.5 Å². The normalized spacial score (nSPS) is 18.8. The highest BCUT2D eigenvalue weighted by atomic mass is 79.9. The molecule has 0 spiro atoms. The summed E-state index contributed by atoms with van der Waals surface area (Å²) in [4.78, 5) is 2.14. The van der Waals surface area contributed by atoms with Crippen LogP contribution in [0.15, 0.2) is 53.0 Å². The summed E-state index contributed by atoms with van der Waals surface area (Å²) in [5, 5.41) is 0. The largest absolute Gasteiger partial charge is 0.369 e. The second-order valence-corrected chi connectivity index (χ2v) is 5.85. The Labute approximate surface area is 121 Å². The Balaban J connectivity index is 1.77. The van der Waals surface area contributed by atoms with Crippen molar-refractivity contribution in [2.75, 3.05) is 18.0 Å². The Morgan fingerprint density at radius 2 is 1.79 bits per heavy atom. The number of hydrogen-bond donors (Lipinski definition) is 0. The van der Waals surface area contributed by atoms with Crippen molar-refractivity contribution in [3.05, 3.63) is 64.4 Å². The number of anilines is 1. The van der Waals surface area contributed by atoms with Crippen molar-refractivity contribution in [1.82, 2.24) is 0 Å². The summed E-state index contributed by atoms with van der Waals surface area (Å²) in [6, 6.07) is 15.5. The fourth-order valence-electron chi connectivity index (χ4n) is 2.69. The molecule has 0 saturated carbocycles. The monoisotopic (exact) mass is 319 g/mol. The summed E-state index contributed by atoms with van der Waals surface area (Å²) in [5.41, 5.74) is 2.06. The SMILES string of the molecule is Fc1ccccc1N1CCC(c2ccc(Br)cc2)C1. The summed E-state index contributed by atoms with van der Waals surface area (Å²) in [6.07, 6.45) is 1.08. The minimum atomic E-state index is -0.126. The van der Waals surface area contributed by atoms with Gasteiger partial charge < -0.3 is 4.90 Å². The van der Waals surface area contributed by atoms with Crippen LogP contribution in [-0.4, -0.2) is 13.1 Å². The molecule has 0 radical (unpaired) electrons. The first-order valence-electron chi connectivity index (χ1n) is 6.49. The van der Waals surface area contributed by atoms with Crippen LogP contribution in [0.2, 0.25) is 0 Å². The van der Waals surface area contributed by atoms with Crippen LogP contribution < -0.4 is 4.90 Å². The molecular weight excluding hydrogens is 305 g/mol. The predicted octanol–water partition coefficient (Wildman–Crippen LogP) is 4.58. The number of halogens is 2. The Morgan fingerprint density at radius 3 is 2.53 bits per heavy atom. The first kappa shape index (κ1) is 12.7. The molecule has 1 nitrogen and oxygen atoms in total. The average molecular weight is 320 g/mol. The minimum absolute atomic E-state index is 0.126. The van der Waals surface area contributed by atoms with Gasteiger partial charge in [-0.25, -0.2) is 4.39 Å². The maximum absolute atomic E-state index is 13.8. The molecular formula is C16H15BrFN. The molecule has 1 fully saturated rings. The topological polar surface area (TPSA) is 3.24 Å². The van der Waals surface area contributed by atoms with Crippen molar-refractivity contribution >= 4 is 21.6 Å². The molecule has 1 heterocycles. The molecule has 2 aromatic rings. The lowest BCUT2D eigenvalue weighted by atomic mass is 9.99. The Hall–Kier alpha value is -1.35. The van der Waals surface area contributed by atoms with E-state index in [-0.39, 0.29) is 5.82 Å². The van der Waals surface area contributed by atoms with Gasteiger partial charge in [0.15, 0.2) is 0 Å². The van der Waals surface area contributed by atoms with Crippen molar-refractivity contribution in [2.45, 2.75) is 12.3 Å². The van der Waals surface area contributed by atoms with Crippen LogP contribution in [-0.2, 0) is 0 Å². The lowest BCUT2D eigenvalue weighted by molar-refractivity contribution is 0.622. The molecule has 3 heteroatoms. The summed E-state index contributed by atoms with van der Waals surface area (Å²) >= 11 is 3.45. The van der Waals surface area contributed by atoms with E-state index >= 15 is 0 Å². The predicted molar refractivity (Wildman–Crippen MR) is 80.1 cm³/mol. The third-order valence-corrected chi connectivity index (χ3v) is 4.25. The van der Waals surface area contributed by atoms with Gasteiger partial charge in [-0.3, -0.25) is 0 Å². The van der Waals surface area contributed by atoms with E-state index in [0.29, 0.717) is 5.92 Å². The van der Waals surface area contributed by atoms with Gasteiger partial charge in [-0.1, -0.05) is 40.2 Å². The van der Waals surface area contributed by atoms with E-state index in [0.717, 1.165) is 29.7 Å². The van der Waals surface area contributed by atoms with E-state index in [1.54, 1.807) is 6.07 Å². The molecule has 19 heavy (non-hydrogen) atoms. The van der Waals surface area contributed by atoms with Gasteiger partial charge in [0.1, 0.15) is 5.82 Å². The lowest BCUT2D eigenvalue weighted by Gasteiger charge is -2.19. The molecule has 0 bridgehead atoms. The van der Waals surface area contributed by atoms with E-state index in [1.807, 2.05) is 12.1 Å². The molecule has 98 valence electrons. The Kier molecular flexibility index (Phi) is 3.56. The molecule has 0 N–H and O–H groups in total. The number of rotatable bonds is 2. The van der Waals surface area contributed by atoms with E-state index in [4.69, 9.17) is 0 Å². The molecule has 0 amide bonds. The molecule has 1 atom stereocenters. The maximum atomic E-state index is 13.8. The van der Waals surface area contributed by atoms with Crippen LogP contribution in [0.4, 0.5) is 10.1 Å². The summed E-state index contributed by atoms with van der Waals surface area (Å²) in [6.45, 7) is 1.81. The first-order chi connectivity index (χ1) is 9.24. The van der Waals surface area contributed by atoms with Gasteiger partial charge >= 0.3 is 0 Å². The smallest absolute Gasteiger partial charge is 0.146 e. The van der Waals surface area contributed by atoms with Crippen molar-refractivity contribution < 1.29 is 4.39 Å². The van der Waals surface area contributed by atoms with Crippen molar-refractivity contribution in [3.63, 3.8) is 0 Å². The van der Waals surface area contributed by atoms with Crippen molar-refractivity contribution in [2.24, 2.45) is 0 Å². The van der Waals surface area contributed by atoms with Crippen LogP contribution in [0.1, 0.15) is 17.9 Å². The van der Waals surface area contributed by atoms with E-state index in [2.05, 4.69) is 45.1 Å². The van der Waals surface area contributed by atoms with E-state index < -0.39 is 0 Å². The maximum Gasteiger partial charge on any atom is 0.146 e. The summed E-state index contributed by atoms with van der Waals surface area (Å²) in [5.74, 6) is 0.367. The quantitative estimate of drug-likeness (QED) is 0.783. The number of nitrogens with zero attached hydrogens (tertiary/aromatic N) is 1. The Bertz CT molecular complexity index is 567. The van der Waals surface area contributed by atoms with Gasteiger partial charge in [-0.15, -0.1) is 0 Å². The third-order valence-electron chi connectivity index (χ3n) is 3.72. The highest BCUT2D eigenvalue weighted by Gasteiger charge is 2.25. The average Bonchev–Trinajstić information content (AvgIpc) is 2.89. The molecule has 0 aromatic heterocycles. The Morgan fingerprint density at radius 1 is 1.05 bits per heavy atom. The van der Waals surface area contributed by atoms with Gasteiger partial charge in [0.05, 0.1) is 5.69 Å². The number of hydrogen-bond acceptors (Lipinski definition) is 1. The first-order valence-corrected chi connectivity index (χ1v) is 7.28. The van der Waals surface area contributed by atoms with Gasteiger partial charge in [-0.2, -0.15) is 0 Å².